The van der Waals surface area contributed by atoms with Gasteiger partial charge in [0.05, 0.1) is 11.3 Å². The van der Waals surface area contributed by atoms with Gasteiger partial charge in [-0.1, -0.05) is 0 Å². The Hall–Kier alpha value is -1.78. The number of nitriles is 1. The number of sulfonamides is 1. The Morgan fingerprint density at radius 1 is 1.44 bits per heavy atom. The van der Waals surface area contributed by atoms with E-state index in [-0.39, 0.29) is 9.77 Å². The number of thiophene rings is 1. The molecule has 0 saturated carbocycles. The van der Waals surface area contributed by atoms with Gasteiger partial charge in [-0.25, -0.2) is 8.42 Å². The van der Waals surface area contributed by atoms with Crippen LogP contribution in [0.25, 0.3) is 0 Å². The van der Waals surface area contributed by atoms with Crippen molar-refractivity contribution in [1.29, 1.82) is 5.26 Å². The average Bonchev–Trinajstić information content (AvgIpc) is 2.85. The molecule has 0 fully saturated rings. The lowest BCUT2D eigenvalue weighted by Crippen LogP contribution is -2.12. The number of hydrogen-bond acceptors (Lipinski definition) is 4. The van der Waals surface area contributed by atoms with Gasteiger partial charge in [-0.2, -0.15) is 5.26 Å². The van der Waals surface area contributed by atoms with Crippen LogP contribution in [0, 0.1) is 11.3 Å². The first-order chi connectivity index (χ1) is 7.63. The summed E-state index contributed by atoms with van der Waals surface area (Å²) in [7, 11) is -3.66. The molecular weight excluding hydrogens is 246 g/mol. The van der Waals surface area contributed by atoms with E-state index in [1.165, 1.54) is 12.3 Å². The summed E-state index contributed by atoms with van der Waals surface area (Å²) in [6.07, 6.45) is 3.13. The third-order valence-electron chi connectivity index (χ3n) is 1.84. The highest BCUT2D eigenvalue weighted by molar-refractivity contribution is 7.94. The van der Waals surface area contributed by atoms with Crippen molar-refractivity contribution < 1.29 is 8.42 Å². The summed E-state index contributed by atoms with van der Waals surface area (Å²) in [5.74, 6) is 0. The smallest absolute Gasteiger partial charge is 0.272 e. The SMILES string of the molecule is N#Cc1ccsc1S(=O)(=O)Nc1cc[nH]c1. The molecule has 0 aromatic carbocycles. The molecule has 0 aliphatic heterocycles. The van der Waals surface area contributed by atoms with Crippen LogP contribution in [0.15, 0.2) is 34.1 Å². The Morgan fingerprint density at radius 3 is 2.88 bits per heavy atom. The second-order valence-corrected chi connectivity index (χ2v) is 5.73. The second kappa shape index (κ2) is 4.00. The summed E-state index contributed by atoms with van der Waals surface area (Å²) >= 11 is 1.02. The topological polar surface area (TPSA) is 85.8 Å². The number of aromatic nitrogens is 1. The fourth-order valence-corrected chi connectivity index (χ4v) is 3.48. The highest BCUT2D eigenvalue weighted by atomic mass is 32.2. The van der Waals surface area contributed by atoms with Gasteiger partial charge in [-0.05, 0) is 17.5 Å². The Labute approximate surface area is 96.4 Å². The molecule has 0 unspecified atom stereocenters. The number of anilines is 1. The van der Waals surface area contributed by atoms with E-state index in [0.29, 0.717) is 5.69 Å². The molecule has 82 valence electrons. The zero-order chi connectivity index (χ0) is 11.6. The predicted molar refractivity (Wildman–Crippen MR) is 60.6 cm³/mol. The molecule has 0 aliphatic rings. The molecular formula is C9H7N3O2S2. The molecule has 5 nitrogen and oxygen atoms in total. The molecule has 2 aromatic rings. The molecule has 0 amide bonds. The largest absolute Gasteiger partial charge is 0.366 e. The summed E-state index contributed by atoms with van der Waals surface area (Å²) in [5, 5.41) is 10.3. The van der Waals surface area contributed by atoms with Crippen LogP contribution in [-0.2, 0) is 10.0 Å². The number of rotatable bonds is 3. The third-order valence-corrected chi connectivity index (χ3v) is 4.71. The molecule has 2 aromatic heterocycles. The highest BCUT2D eigenvalue weighted by Crippen LogP contribution is 2.24. The normalized spacial score (nSPS) is 10.9. The molecule has 2 N–H and O–H groups in total. The van der Waals surface area contributed by atoms with Crippen molar-refractivity contribution in [3.05, 3.63) is 35.5 Å². The molecule has 2 heterocycles. The van der Waals surface area contributed by atoms with Crippen molar-refractivity contribution in [1.82, 2.24) is 4.98 Å². The number of aromatic amines is 1. The quantitative estimate of drug-likeness (QED) is 0.873. The first kappa shape index (κ1) is 10.7. The van der Waals surface area contributed by atoms with E-state index in [1.807, 2.05) is 6.07 Å². The van der Waals surface area contributed by atoms with E-state index in [1.54, 1.807) is 17.6 Å². The van der Waals surface area contributed by atoms with E-state index in [0.717, 1.165) is 11.3 Å². The molecule has 7 heteroatoms. The lowest BCUT2D eigenvalue weighted by atomic mass is 10.4. The third kappa shape index (κ3) is 1.93. The molecule has 0 atom stereocenters. The molecule has 2 rings (SSSR count). The Kier molecular flexibility index (Phi) is 2.68. The van der Waals surface area contributed by atoms with Crippen molar-refractivity contribution in [2.24, 2.45) is 0 Å². The minimum Gasteiger partial charge on any atom is -0.366 e. The fourth-order valence-electron chi connectivity index (χ4n) is 1.18. The van der Waals surface area contributed by atoms with Gasteiger partial charge >= 0.3 is 0 Å². The maximum atomic E-state index is 11.9. The standard InChI is InChI=1S/C9H7N3O2S2/c10-5-7-2-4-15-9(7)16(13,14)12-8-1-3-11-6-8/h1-4,6,11-12H. The Morgan fingerprint density at radius 2 is 2.25 bits per heavy atom. The number of nitrogens with zero attached hydrogens (tertiary/aromatic N) is 1. The molecule has 16 heavy (non-hydrogen) atoms. The lowest BCUT2D eigenvalue weighted by Gasteiger charge is -2.03. The van der Waals surface area contributed by atoms with Gasteiger partial charge in [0.1, 0.15) is 6.07 Å². The molecule has 0 saturated heterocycles. The fraction of sp³-hybridized carbons (Fsp3) is 0. The zero-order valence-corrected chi connectivity index (χ0v) is 9.60. The average molecular weight is 253 g/mol. The van der Waals surface area contributed by atoms with Crippen molar-refractivity contribution in [3.8, 4) is 6.07 Å². The van der Waals surface area contributed by atoms with Crippen LogP contribution in [0.5, 0.6) is 0 Å². The second-order valence-electron chi connectivity index (χ2n) is 2.94. The monoisotopic (exact) mass is 253 g/mol. The van der Waals surface area contributed by atoms with Gasteiger partial charge in [-0.3, -0.25) is 4.72 Å². The lowest BCUT2D eigenvalue weighted by molar-refractivity contribution is 0.603. The number of nitrogens with one attached hydrogen (secondary N) is 2. The minimum atomic E-state index is -3.66. The van der Waals surface area contributed by atoms with Crippen LogP contribution in [-0.4, -0.2) is 13.4 Å². The van der Waals surface area contributed by atoms with Gasteiger partial charge in [0.25, 0.3) is 10.0 Å². The summed E-state index contributed by atoms with van der Waals surface area (Å²) in [6, 6.07) is 4.92. The van der Waals surface area contributed by atoms with Crippen LogP contribution in [0.4, 0.5) is 5.69 Å². The maximum Gasteiger partial charge on any atom is 0.272 e. The minimum absolute atomic E-state index is 0.0381. The molecule has 0 radical (unpaired) electrons. The summed E-state index contributed by atoms with van der Waals surface area (Å²) < 4.78 is 26.2. The van der Waals surface area contributed by atoms with Crippen LogP contribution < -0.4 is 4.72 Å². The summed E-state index contributed by atoms with van der Waals surface area (Å²) in [4.78, 5) is 2.74. The first-order valence-electron chi connectivity index (χ1n) is 4.27. The first-order valence-corrected chi connectivity index (χ1v) is 6.63. The van der Waals surface area contributed by atoms with Crippen LogP contribution in [0.1, 0.15) is 5.56 Å². The summed E-state index contributed by atoms with van der Waals surface area (Å²) in [6.45, 7) is 0. The van der Waals surface area contributed by atoms with Crippen molar-refractivity contribution >= 4 is 27.0 Å². The van der Waals surface area contributed by atoms with Crippen molar-refractivity contribution in [2.75, 3.05) is 4.72 Å². The van der Waals surface area contributed by atoms with Crippen molar-refractivity contribution in [3.63, 3.8) is 0 Å². The van der Waals surface area contributed by atoms with Gasteiger partial charge in [0, 0.05) is 12.4 Å². The van der Waals surface area contributed by atoms with Gasteiger partial charge in [0.2, 0.25) is 0 Å². The molecule has 0 bridgehead atoms. The van der Waals surface area contributed by atoms with Crippen molar-refractivity contribution in [2.45, 2.75) is 4.21 Å². The van der Waals surface area contributed by atoms with Gasteiger partial charge in [-0.15, -0.1) is 11.3 Å². The summed E-state index contributed by atoms with van der Waals surface area (Å²) in [5.41, 5.74) is 0.602. The number of H-pyrrole nitrogens is 1. The Balaban J connectivity index is 2.37. The maximum absolute atomic E-state index is 11.9. The van der Waals surface area contributed by atoms with Crippen LogP contribution in [0.3, 0.4) is 0 Å². The van der Waals surface area contributed by atoms with E-state index < -0.39 is 10.0 Å². The van der Waals surface area contributed by atoms with Crippen LogP contribution in [0.2, 0.25) is 0 Å². The Bertz CT molecular complexity index is 620. The molecule has 0 aliphatic carbocycles. The predicted octanol–water partition coefficient (Wildman–Crippen LogP) is 1.75. The zero-order valence-electron chi connectivity index (χ0n) is 7.97. The number of hydrogen-bond donors (Lipinski definition) is 2. The van der Waals surface area contributed by atoms with Crippen LogP contribution >= 0.6 is 11.3 Å². The van der Waals surface area contributed by atoms with Gasteiger partial charge in [0.15, 0.2) is 4.21 Å². The van der Waals surface area contributed by atoms with E-state index in [9.17, 15) is 8.42 Å². The van der Waals surface area contributed by atoms with E-state index >= 15 is 0 Å². The van der Waals surface area contributed by atoms with E-state index in [2.05, 4.69) is 9.71 Å². The van der Waals surface area contributed by atoms with Gasteiger partial charge < -0.3 is 4.98 Å². The molecule has 0 spiro atoms. The van der Waals surface area contributed by atoms with E-state index in [4.69, 9.17) is 5.26 Å². The highest BCUT2D eigenvalue weighted by Gasteiger charge is 2.20.